The summed E-state index contributed by atoms with van der Waals surface area (Å²) in [5.41, 5.74) is 0.519. The smallest absolute Gasteiger partial charge is 0.329 e. The Balaban J connectivity index is 3.24. The first-order valence-electron chi connectivity index (χ1n) is 4.69. The van der Waals surface area contributed by atoms with Crippen molar-refractivity contribution in [1.29, 1.82) is 5.26 Å². The van der Waals surface area contributed by atoms with E-state index in [1.54, 1.807) is 18.2 Å². The number of benzene rings is 1. The molecule has 0 radical (unpaired) electrons. The maximum atomic E-state index is 10.5. The van der Waals surface area contributed by atoms with E-state index in [4.69, 9.17) is 19.8 Å². The van der Waals surface area contributed by atoms with Gasteiger partial charge in [0.05, 0.1) is 19.8 Å². The fraction of sp³-hybridized carbons (Fsp3) is 0.167. The number of carboxylic acids is 1. The largest absolute Gasteiger partial charge is 0.493 e. The van der Waals surface area contributed by atoms with Crippen LogP contribution in [-0.2, 0) is 4.79 Å². The number of carbonyl (C=O) groups is 1. The fourth-order valence-electron chi connectivity index (χ4n) is 1.31. The molecule has 1 aromatic rings. The molecule has 5 heteroatoms. The Labute approximate surface area is 98.5 Å². The molecular formula is C12H11NO4. The van der Waals surface area contributed by atoms with Crippen LogP contribution >= 0.6 is 0 Å². The SMILES string of the molecule is COc1ccc(C(C#N)=CC(=O)O)cc1OC. The highest BCUT2D eigenvalue weighted by atomic mass is 16.5. The Morgan fingerprint density at radius 2 is 2.00 bits per heavy atom. The van der Waals surface area contributed by atoms with Gasteiger partial charge in [-0.15, -0.1) is 0 Å². The van der Waals surface area contributed by atoms with Crippen molar-refractivity contribution in [3.8, 4) is 17.6 Å². The van der Waals surface area contributed by atoms with E-state index in [1.807, 2.05) is 6.07 Å². The van der Waals surface area contributed by atoms with Crippen molar-refractivity contribution in [3.63, 3.8) is 0 Å². The van der Waals surface area contributed by atoms with Crippen molar-refractivity contribution >= 4 is 11.5 Å². The zero-order valence-electron chi connectivity index (χ0n) is 9.43. The second-order valence-electron chi connectivity index (χ2n) is 3.08. The summed E-state index contributed by atoms with van der Waals surface area (Å²) in [7, 11) is 2.96. The molecule has 0 saturated carbocycles. The fourth-order valence-corrected chi connectivity index (χ4v) is 1.31. The van der Waals surface area contributed by atoms with Crippen LogP contribution in [0.5, 0.6) is 11.5 Å². The van der Waals surface area contributed by atoms with Crippen LogP contribution in [0.4, 0.5) is 0 Å². The van der Waals surface area contributed by atoms with Crippen LogP contribution < -0.4 is 9.47 Å². The molecule has 1 aromatic carbocycles. The molecule has 0 aliphatic rings. The van der Waals surface area contributed by atoms with Gasteiger partial charge in [-0.05, 0) is 23.8 Å². The normalized spacial score (nSPS) is 10.5. The lowest BCUT2D eigenvalue weighted by Crippen LogP contribution is -1.94. The summed E-state index contributed by atoms with van der Waals surface area (Å²) < 4.78 is 10.1. The Morgan fingerprint density at radius 3 is 2.47 bits per heavy atom. The second kappa shape index (κ2) is 5.56. The molecule has 0 aliphatic carbocycles. The molecule has 17 heavy (non-hydrogen) atoms. The molecule has 0 aromatic heterocycles. The number of allylic oxidation sites excluding steroid dienone is 1. The van der Waals surface area contributed by atoms with E-state index in [2.05, 4.69) is 0 Å². The number of ether oxygens (including phenoxy) is 2. The molecule has 0 bridgehead atoms. The van der Waals surface area contributed by atoms with Gasteiger partial charge < -0.3 is 14.6 Å². The van der Waals surface area contributed by atoms with Crippen molar-refractivity contribution < 1.29 is 19.4 Å². The molecule has 1 rings (SSSR count). The first-order valence-corrected chi connectivity index (χ1v) is 4.69. The minimum atomic E-state index is -1.17. The van der Waals surface area contributed by atoms with Gasteiger partial charge in [-0.2, -0.15) is 5.26 Å². The van der Waals surface area contributed by atoms with Gasteiger partial charge in [-0.3, -0.25) is 0 Å². The summed E-state index contributed by atoms with van der Waals surface area (Å²) in [6.07, 6.45) is 0.848. The number of methoxy groups -OCH3 is 2. The average Bonchev–Trinajstić information content (AvgIpc) is 2.34. The third-order valence-corrected chi connectivity index (χ3v) is 2.08. The van der Waals surface area contributed by atoms with Crippen LogP contribution in [0.15, 0.2) is 24.3 Å². The molecule has 0 fully saturated rings. The Hall–Kier alpha value is -2.48. The number of hydrogen-bond donors (Lipinski definition) is 1. The monoisotopic (exact) mass is 233 g/mol. The highest BCUT2D eigenvalue weighted by Crippen LogP contribution is 2.30. The van der Waals surface area contributed by atoms with Gasteiger partial charge in [0.15, 0.2) is 11.5 Å². The summed E-state index contributed by atoms with van der Waals surface area (Å²) in [6.45, 7) is 0. The van der Waals surface area contributed by atoms with Crippen LogP contribution in [0, 0.1) is 11.3 Å². The van der Waals surface area contributed by atoms with Gasteiger partial charge in [-0.1, -0.05) is 0 Å². The third-order valence-electron chi connectivity index (χ3n) is 2.08. The highest BCUT2D eigenvalue weighted by molar-refractivity contribution is 5.94. The molecule has 0 spiro atoms. The minimum Gasteiger partial charge on any atom is -0.493 e. The first kappa shape index (κ1) is 12.6. The number of rotatable bonds is 4. The predicted molar refractivity (Wildman–Crippen MR) is 60.8 cm³/mol. The average molecular weight is 233 g/mol. The molecule has 0 aliphatic heterocycles. The van der Waals surface area contributed by atoms with Crippen molar-refractivity contribution in [2.45, 2.75) is 0 Å². The predicted octanol–water partition coefficient (Wildman–Crippen LogP) is 1.70. The van der Waals surface area contributed by atoms with E-state index in [0.29, 0.717) is 17.1 Å². The van der Waals surface area contributed by atoms with Gasteiger partial charge in [0, 0.05) is 6.08 Å². The standard InChI is InChI=1S/C12H11NO4/c1-16-10-4-3-8(5-11(10)17-2)9(7-13)6-12(14)15/h3-6H,1-2H3,(H,14,15). The topological polar surface area (TPSA) is 79.5 Å². The van der Waals surface area contributed by atoms with Crippen LogP contribution in [0.1, 0.15) is 5.56 Å². The second-order valence-corrected chi connectivity index (χ2v) is 3.08. The molecule has 1 N–H and O–H groups in total. The number of carboxylic acid groups (broad SMARTS) is 1. The van der Waals surface area contributed by atoms with Crippen molar-refractivity contribution in [2.75, 3.05) is 14.2 Å². The lowest BCUT2D eigenvalue weighted by atomic mass is 10.1. The molecule has 88 valence electrons. The van der Waals surface area contributed by atoms with Crippen LogP contribution in [-0.4, -0.2) is 25.3 Å². The Morgan fingerprint density at radius 1 is 1.35 bits per heavy atom. The van der Waals surface area contributed by atoms with E-state index < -0.39 is 5.97 Å². The highest BCUT2D eigenvalue weighted by Gasteiger charge is 2.08. The summed E-state index contributed by atoms with van der Waals surface area (Å²) in [5, 5.41) is 17.5. The van der Waals surface area contributed by atoms with Gasteiger partial charge >= 0.3 is 5.97 Å². The van der Waals surface area contributed by atoms with E-state index in [1.165, 1.54) is 14.2 Å². The molecular weight excluding hydrogens is 222 g/mol. The number of nitriles is 1. The summed E-state index contributed by atoms with van der Waals surface area (Å²) in [4.78, 5) is 10.5. The molecule has 0 atom stereocenters. The molecule has 0 unspecified atom stereocenters. The van der Waals surface area contributed by atoms with E-state index >= 15 is 0 Å². The lowest BCUT2D eigenvalue weighted by molar-refractivity contribution is -0.131. The summed E-state index contributed by atoms with van der Waals surface area (Å²) in [6, 6.07) is 6.58. The maximum absolute atomic E-state index is 10.5. The van der Waals surface area contributed by atoms with Gasteiger partial charge in [-0.25, -0.2) is 4.79 Å². The molecule has 0 saturated heterocycles. The van der Waals surface area contributed by atoms with Crippen molar-refractivity contribution in [2.24, 2.45) is 0 Å². The first-order chi connectivity index (χ1) is 8.12. The number of aliphatic carboxylic acids is 1. The van der Waals surface area contributed by atoms with E-state index in [0.717, 1.165) is 6.08 Å². The zero-order valence-corrected chi connectivity index (χ0v) is 9.43. The summed E-state index contributed by atoms with van der Waals surface area (Å²) >= 11 is 0. The Bertz CT molecular complexity index is 500. The molecule has 5 nitrogen and oxygen atoms in total. The number of hydrogen-bond acceptors (Lipinski definition) is 4. The van der Waals surface area contributed by atoms with Gasteiger partial charge in [0.1, 0.15) is 6.07 Å². The van der Waals surface area contributed by atoms with Crippen molar-refractivity contribution in [3.05, 3.63) is 29.8 Å². The van der Waals surface area contributed by atoms with E-state index in [-0.39, 0.29) is 5.57 Å². The number of nitrogens with zero attached hydrogens (tertiary/aromatic N) is 1. The van der Waals surface area contributed by atoms with E-state index in [9.17, 15) is 4.79 Å². The van der Waals surface area contributed by atoms with Crippen LogP contribution in [0.25, 0.3) is 5.57 Å². The summed E-state index contributed by atoms with van der Waals surface area (Å²) in [5.74, 6) is -0.211. The lowest BCUT2D eigenvalue weighted by Gasteiger charge is -2.08. The third kappa shape index (κ3) is 2.98. The quantitative estimate of drug-likeness (QED) is 0.632. The van der Waals surface area contributed by atoms with Crippen molar-refractivity contribution in [1.82, 2.24) is 0 Å². The van der Waals surface area contributed by atoms with Gasteiger partial charge in [0.2, 0.25) is 0 Å². The van der Waals surface area contributed by atoms with Crippen LogP contribution in [0.3, 0.4) is 0 Å². The zero-order chi connectivity index (χ0) is 12.8. The maximum Gasteiger partial charge on any atom is 0.329 e. The molecule has 0 amide bonds. The molecule has 0 heterocycles. The Kier molecular flexibility index (Phi) is 4.12. The minimum absolute atomic E-state index is 0.0541. The van der Waals surface area contributed by atoms with Gasteiger partial charge in [0.25, 0.3) is 0 Å². The van der Waals surface area contributed by atoms with Crippen LogP contribution in [0.2, 0.25) is 0 Å².